The van der Waals surface area contributed by atoms with Crippen LogP contribution in [0.2, 0.25) is 0 Å². The van der Waals surface area contributed by atoms with Crippen LogP contribution in [-0.2, 0) is 0 Å². The quantitative estimate of drug-likeness (QED) is 0.568. The van der Waals surface area contributed by atoms with E-state index >= 15 is 0 Å². The van der Waals surface area contributed by atoms with Gasteiger partial charge < -0.3 is 0 Å². The van der Waals surface area contributed by atoms with Crippen LogP contribution in [-0.4, -0.2) is 18.0 Å². The second-order valence-electron chi connectivity index (χ2n) is 7.16. The predicted octanol–water partition coefficient (Wildman–Crippen LogP) is 5.50. The Morgan fingerprint density at radius 2 is 1.65 bits per heavy atom. The highest BCUT2D eigenvalue weighted by Crippen LogP contribution is 2.72. The summed E-state index contributed by atoms with van der Waals surface area (Å²) >= 11 is 0. The number of hydrogen-bond donors (Lipinski definition) is 0. The van der Waals surface area contributed by atoms with E-state index in [4.69, 9.17) is 0 Å². The first-order valence-corrected chi connectivity index (χ1v) is 9.49. The van der Waals surface area contributed by atoms with E-state index < -0.39 is 0 Å². The number of hydrogen-bond acceptors (Lipinski definition) is 0. The first-order chi connectivity index (χ1) is 7.97. The van der Waals surface area contributed by atoms with Gasteiger partial charge in [-0.15, -0.1) is 7.92 Å². The zero-order valence-electron chi connectivity index (χ0n) is 12.6. The minimum absolute atomic E-state index is 0.316. The van der Waals surface area contributed by atoms with Crippen LogP contribution < -0.4 is 0 Å². The van der Waals surface area contributed by atoms with Crippen molar-refractivity contribution >= 4 is 7.92 Å². The largest absolute Gasteiger partial charge is 0.103 e. The molecule has 3 atom stereocenters. The van der Waals surface area contributed by atoms with E-state index in [1.54, 1.807) is 6.42 Å². The minimum Gasteiger partial charge on any atom is -0.103 e. The van der Waals surface area contributed by atoms with Gasteiger partial charge >= 0.3 is 0 Å². The number of rotatable bonds is 5. The number of fused-ring (bicyclic) bond motifs is 2. The van der Waals surface area contributed by atoms with Crippen molar-refractivity contribution in [1.29, 1.82) is 0 Å². The van der Waals surface area contributed by atoms with Gasteiger partial charge in [0.15, 0.2) is 0 Å². The van der Waals surface area contributed by atoms with E-state index in [1.165, 1.54) is 38.0 Å². The van der Waals surface area contributed by atoms with Crippen LogP contribution in [0, 0.1) is 16.7 Å². The van der Waals surface area contributed by atoms with Crippen molar-refractivity contribution in [2.24, 2.45) is 16.7 Å². The maximum absolute atomic E-state index is 2.63. The first-order valence-electron chi connectivity index (χ1n) is 7.71. The van der Waals surface area contributed by atoms with Crippen LogP contribution in [0.15, 0.2) is 0 Å². The Bertz CT molecular complexity index is 265. The molecule has 0 aromatic rings. The van der Waals surface area contributed by atoms with E-state index in [0.29, 0.717) is 18.8 Å². The average molecular weight is 254 g/mol. The molecule has 2 bridgehead atoms. The van der Waals surface area contributed by atoms with Gasteiger partial charge in [-0.3, -0.25) is 0 Å². The fourth-order valence-corrected chi connectivity index (χ4v) is 8.53. The molecular weight excluding hydrogens is 223 g/mol. The first kappa shape index (κ1) is 13.9. The van der Waals surface area contributed by atoms with Crippen molar-refractivity contribution < 1.29 is 0 Å². The Morgan fingerprint density at radius 1 is 1.06 bits per heavy atom. The predicted molar refractivity (Wildman–Crippen MR) is 80.3 cm³/mol. The summed E-state index contributed by atoms with van der Waals surface area (Å²) in [4.78, 5) is 0. The topological polar surface area (TPSA) is 0 Å². The summed E-state index contributed by atoms with van der Waals surface area (Å²) in [6, 6.07) is 0. The molecule has 0 aromatic heterocycles. The lowest BCUT2D eigenvalue weighted by molar-refractivity contribution is 0.155. The van der Waals surface area contributed by atoms with Crippen LogP contribution in [0.4, 0.5) is 0 Å². The molecule has 2 rings (SSSR count). The second kappa shape index (κ2) is 4.84. The van der Waals surface area contributed by atoms with Gasteiger partial charge in [-0.2, -0.15) is 0 Å². The van der Waals surface area contributed by atoms with Crippen molar-refractivity contribution in [2.45, 2.75) is 72.4 Å². The van der Waals surface area contributed by atoms with Gasteiger partial charge in [0.25, 0.3) is 0 Å². The van der Waals surface area contributed by atoms with Crippen LogP contribution in [0.1, 0.15) is 66.7 Å². The molecule has 1 heteroatoms. The normalized spacial score (nSPS) is 39.2. The van der Waals surface area contributed by atoms with Crippen LogP contribution in [0.3, 0.4) is 0 Å². The molecule has 0 spiro atoms. The smallest absolute Gasteiger partial charge is 0.0147 e. The standard InChI is InChI=1S/C16H31P/c1-6-10-17(11-7-2)14-12-13-8-9-16(14,5)15(13,3)4/h13-14H,6-12H2,1-5H3. The Morgan fingerprint density at radius 3 is 2.00 bits per heavy atom. The van der Waals surface area contributed by atoms with Gasteiger partial charge in [0.1, 0.15) is 0 Å². The lowest BCUT2D eigenvalue weighted by Gasteiger charge is -2.43. The molecule has 0 amide bonds. The van der Waals surface area contributed by atoms with E-state index in [2.05, 4.69) is 34.6 Å². The second-order valence-corrected chi connectivity index (χ2v) is 9.86. The van der Waals surface area contributed by atoms with Gasteiger partial charge in [0, 0.05) is 0 Å². The van der Waals surface area contributed by atoms with Crippen molar-refractivity contribution in [3.05, 3.63) is 0 Å². The molecule has 2 aliphatic rings. The molecule has 0 nitrogen and oxygen atoms in total. The fourth-order valence-electron chi connectivity index (χ4n) is 4.71. The maximum atomic E-state index is 2.63. The molecule has 0 aliphatic heterocycles. The Kier molecular flexibility index (Phi) is 3.94. The van der Waals surface area contributed by atoms with Gasteiger partial charge in [0.2, 0.25) is 0 Å². The lowest BCUT2D eigenvalue weighted by Crippen LogP contribution is -2.35. The van der Waals surface area contributed by atoms with Crippen LogP contribution in [0.25, 0.3) is 0 Å². The molecule has 0 radical (unpaired) electrons. The molecule has 0 aromatic carbocycles. The van der Waals surface area contributed by atoms with Gasteiger partial charge in [-0.05, 0) is 54.0 Å². The van der Waals surface area contributed by atoms with Crippen LogP contribution in [0.5, 0.6) is 0 Å². The summed E-state index contributed by atoms with van der Waals surface area (Å²) in [7, 11) is 0.316. The monoisotopic (exact) mass is 254 g/mol. The Labute approximate surface area is 110 Å². The van der Waals surface area contributed by atoms with Crippen molar-refractivity contribution in [1.82, 2.24) is 0 Å². The van der Waals surface area contributed by atoms with Gasteiger partial charge in [0.05, 0.1) is 0 Å². The lowest BCUT2D eigenvalue weighted by atomic mass is 9.71. The maximum Gasteiger partial charge on any atom is -0.0147 e. The molecule has 0 N–H and O–H groups in total. The van der Waals surface area contributed by atoms with E-state index in [1.807, 2.05) is 0 Å². The third kappa shape index (κ3) is 1.99. The van der Waals surface area contributed by atoms with Crippen molar-refractivity contribution in [3.8, 4) is 0 Å². The molecule has 2 saturated carbocycles. The highest BCUT2D eigenvalue weighted by molar-refractivity contribution is 7.58. The SMILES string of the molecule is CCCP(CCC)C1CC2CCC1(C)C2(C)C. The van der Waals surface area contributed by atoms with Gasteiger partial charge in [-0.25, -0.2) is 0 Å². The molecular formula is C16H31P. The molecule has 3 unspecified atom stereocenters. The summed E-state index contributed by atoms with van der Waals surface area (Å²) in [5.74, 6) is 1.04. The van der Waals surface area contributed by atoms with Crippen LogP contribution >= 0.6 is 7.92 Å². The summed E-state index contributed by atoms with van der Waals surface area (Å²) in [6.45, 7) is 12.5. The zero-order chi connectivity index (χ0) is 12.7. The fraction of sp³-hybridized carbons (Fsp3) is 1.00. The summed E-state index contributed by atoms with van der Waals surface area (Å²) in [6.07, 6.45) is 10.5. The van der Waals surface area contributed by atoms with Crippen molar-refractivity contribution in [2.75, 3.05) is 12.3 Å². The third-order valence-corrected chi connectivity index (χ3v) is 9.92. The molecule has 17 heavy (non-hydrogen) atoms. The molecule has 2 aliphatic carbocycles. The van der Waals surface area contributed by atoms with E-state index in [9.17, 15) is 0 Å². The highest BCUT2D eigenvalue weighted by Gasteiger charge is 2.62. The van der Waals surface area contributed by atoms with Crippen molar-refractivity contribution in [3.63, 3.8) is 0 Å². The minimum atomic E-state index is 0.316. The van der Waals surface area contributed by atoms with E-state index in [0.717, 1.165) is 11.6 Å². The Hall–Kier alpha value is 0.430. The molecule has 2 fully saturated rings. The third-order valence-electron chi connectivity index (χ3n) is 6.21. The highest BCUT2D eigenvalue weighted by atomic mass is 31.1. The van der Waals surface area contributed by atoms with E-state index in [-0.39, 0.29) is 0 Å². The summed E-state index contributed by atoms with van der Waals surface area (Å²) < 4.78 is 0. The Balaban J connectivity index is 2.17. The summed E-state index contributed by atoms with van der Waals surface area (Å²) in [5.41, 5.74) is 2.39. The summed E-state index contributed by atoms with van der Waals surface area (Å²) in [5, 5.41) is 0. The van der Waals surface area contributed by atoms with Gasteiger partial charge in [-0.1, -0.05) is 47.5 Å². The average Bonchev–Trinajstić information content (AvgIpc) is 2.60. The zero-order valence-corrected chi connectivity index (χ0v) is 13.4. The molecule has 100 valence electrons. The molecule has 0 heterocycles. The molecule has 0 saturated heterocycles.